The van der Waals surface area contributed by atoms with Crippen LogP contribution in [0.5, 0.6) is 0 Å². The van der Waals surface area contributed by atoms with Gasteiger partial charge < -0.3 is 5.32 Å². The van der Waals surface area contributed by atoms with Crippen molar-refractivity contribution in [2.45, 2.75) is 31.6 Å². The number of benzene rings is 1. The minimum atomic E-state index is -3.87. The molecule has 0 saturated carbocycles. The van der Waals surface area contributed by atoms with Crippen molar-refractivity contribution in [3.8, 4) is 0 Å². The predicted octanol–water partition coefficient (Wildman–Crippen LogP) is 3.56. The maximum atomic E-state index is 12.5. The highest BCUT2D eigenvalue weighted by Crippen LogP contribution is 2.18. The number of rotatable bonds is 8. The van der Waals surface area contributed by atoms with Gasteiger partial charge in [0.1, 0.15) is 0 Å². The Balaban J connectivity index is 1.59. The van der Waals surface area contributed by atoms with Crippen molar-refractivity contribution in [3.05, 3.63) is 64.1 Å². The molecule has 0 spiro atoms. The van der Waals surface area contributed by atoms with Crippen LogP contribution in [0.2, 0.25) is 0 Å². The van der Waals surface area contributed by atoms with Crippen molar-refractivity contribution in [1.29, 1.82) is 0 Å². The number of carbonyl (C=O) groups is 2. The van der Waals surface area contributed by atoms with Crippen LogP contribution >= 0.6 is 11.3 Å². The lowest BCUT2D eigenvalue weighted by Gasteiger charge is -2.09. The van der Waals surface area contributed by atoms with Gasteiger partial charge in [-0.3, -0.25) is 9.59 Å². The molecule has 0 atom stereocenters. The van der Waals surface area contributed by atoms with Crippen LogP contribution in [-0.4, -0.2) is 30.1 Å². The van der Waals surface area contributed by atoms with Crippen LogP contribution in [0.25, 0.3) is 0 Å². The second-order valence-electron chi connectivity index (χ2n) is 6.55. The molecule has 0 aliphatic heterocycles. The van der Waals surface area contributed by atoms with Crippen molar-refractivity contribution in [2.24, 2.45) is 0 Å². The number of aryl methyl sites for hydroxylation is 2. The highest BCUT2D eigenvalue weighted by atomic mass is 32.2. The van der Waals surface area contributed by atoms with Gasteiger partial charge in [0.25, 0.3) is 10.0 Å². The molecule has 2 heterocycles. The van der Waals surface area contributed by atoms with Gasteiger partial charge >= 0.3 is 0 Å². The largest absolute Gasteiger partial charge is 0.326 e. The Bertz CT molecular complexity index is 1140. The first-order valence-electron chi connectivity index (χ1n) is 9.05. The fourth-order valence-electron chi connectivity index (χ4n) is 2.68. The van der Waals surface area contributed by atoms with Gasteiger partial charge in [-0.25, -0.2) is 23.1 Å². The second-order valence-corrected chi connectivity index (χ2v) is 9.18. The molecule has 156 valence electrons. The molecule has 1 aromatic carbocycles. The van der Waals surface area contributed by atoms with Crippen molar-refractivity contribution < 1.29 is 18.0 Å². The summed E-state index contributed by atoms with van der Waals surface area (Å²) in [6.07, 6.45) is 0.154. The van der Waals surface area contributed by atoms with E-state index in [-0.39, 0.29) is 35.4 Å². The van der Waals surface area contributed by atoms with Crippen molar-refractivity contribution >= 4 is 44.7 Å². The van der Waals surface area contributed by atoms with Gasteiger partial charge in [0.15, 0.2) is 5.78 Å². The SMILES string of the molecule is Cc1cc(C)nc(NS(=O)(=O)c2ccc(NC(=O)CCC(=O)c3cccs3)cc2)n1. The molecule has 0 radical (unpaired) electrons. The number of nitrogens with zero attached hydrogens (tertiary/aromatic N) is 2. The van der Waals surface area contributed by atoms with Crippen LogP contribution in [-0.2, 0) is 14.8 Å². The van der Waals surface area contributed by atoms with E-state index in [4.69, 9.17) is 0 Å². The first-order chi connectivity index (χ1) is 14.2. The van der Waals surface area contributed by atoms with Gasteiger partial charge in [-0.1, -0.05) is 6.07 Å². The van der Waals surface area contributed by atoms with E-state index in [0.717, 1.165) is 0 Å². The zero-order chi connectivity index (χ0) is 21.7. The molecule has 0 saturated heterocycles. The summed E-state index contributed by atoms with van der Waals surface area (Å²) in [5.74, 6) is -0.404. The molecule has 30 heavy (non-hydrogen) atoms. The van der Waals surface area contributed by atoms with Crippen molar-refractivity contribution in [2.75, 3.05) is 10.0 Å². The van der Waals surface area contributed by atoms with Crippen LogP contribution in [0.4, 0.5) is 11.6 Å². The Morgan fingerprint density at radius 2 is 1.67 bits per heavy atom. The topological polar surface area (TPSA) is 118 Å². The maximum Gasteiger partial charge on any atom is 0.264 e. The minimum absolute atomic E-state index is 0.000266. The van der Waals surface area contributed by atoms with Gasteiger partial charge in [0.05, 0.1) is 9.77 Å². The Morgan fingerprint density at radius 1 is 1.00 bits per heavy atom. The number of amides is 1. The lowest BCUT2D eigenvalue weighted by Crippen LogP contribution is -2.16. The highest BCUT2D eigenvalue weighted by Gasteiger charge is 2.16. The number of thiophene rings is 1. The Labute approximate surface area is 178 Å². The molecule has 1 amide bonds. The molecule has 3 aromatic rings. The lowest BCUT2D eigenvalue weighted by atomic mass is 10.2. The molecule has 2 aromatic heterocycles. The van der Waals surface area contributed by atoms with E-state index >= 15 is 0 Å². The summed E-state index contributed by atoms with van der Waals surface area (Å²) < 4.78 is 27.4. The van der Waals surface area contributed by atoms with E-state index in [1.807, 2.05) is 5.38 Å². The summed E-state index contributed by atoms with van der Waals surface area (Å²) in [5.41, 5.74) is 1.73. The summed E-state index contributed by atoms with van der Waals surface area (Å²) >= 11 is 1.34. The summed E-state index contributed by atoms with van der Waals surface area (Å²) in [7, 11) is -3.87. The third-order valence-corrected chi connectivity index (χ3v) is 6.29. The van der Waals surface area contributed by atoms with E-state index in [2.05, 4.69) is 20.0 Å². The third-order valence-electron chi connectivity index (χ3n) is 4.03. The van der Waals surface area contributed by atoms with Gasteiger partial charge in [-0.05, 0) is 55.6 Å². The van der Waals surface area contributed by atoms with Gasteiger partial charge in [-0.2, -0.15) is 0 Å². The fourth-order valence-corrected chi connectivity index (χ4v) is 4.32. The first kappa shape index (κ1) is 21.6. The van der Waals surface area contributed by atoms with Crippen LogP contribution in [0.3, 0.4) is 0 Å². The molecule has 0 aliphatic carbocycles. The molecular weight excluding hydrogens is 424 g/mol. The Morgan fingerprint density at radius 3 is 2.27 bits per heavy atom. The Kier molecular flexibility index (Phi) is 6.58. The highest BCUT2D eigenvalue weighted by molar-refractivity contribution is 7.92. The predicted molar refractivity (Wildman–Crippen MR) is 115 cm³/mol. The molecule has 3 rings (SSSR count). The summed E-state index contributed by atoms with van der Waals surface area (Å²) in [6, 6.07) is 11.0. The number of carbonyl (C=O) groups excluding carboxylic acids is 2. The smallest absolute Gasteiger partial charge is 0.264 e. The van der Waals surface area contributed by atoms with Crippen LogP contribution in [0.1, 0.15) is 33.9 Å². The zero-order valence-electron chi connectivity index (χ0n) is 16.4. The molecule has 0 bridgehead atoms. The second kappa shape index (κ2) is 9.14. The summed E-state index contributed by atoms with van der Waals surface area (Å²) in [6.45, 7) is 3.50. The van der Waals surface area contributed by atoms with E-state index in [1.165, 1.54) is 35.6 Å². The maximum absolute atomic E-state index is 12.5. The molecule has 0 unspecified atom stereocenters. The number of hydrogen-bond donors (Lipinski definition) is 2. The van der Waals surface area contributed by atoms with E-state index in [9.17, 15) is 18.0 Å². The van der Waals surface area contributed by atoms with Crippen molar-refractivity contribution in [1.82, 2.24) is 9.97 Å². The summed E-state index contributed by atoms with van der Waals surface area (Å²) in [4.78, 5) is 32.8. The summed E-state index contributed by atoms with van der Waals surface area (Å²) in [5, 5.41) is 4.47. The molecule has 10 heteroatoms. The standard InChI is InChI=1S/C20H20N4O4S2/c1-13-12-14(2)22-20(21-13)24-30(27,28)16-7-5-15(6-8-16)23-19(26)10-9-17(25)18-4-3-11-29-18/h3-8,11-12H,9-10H2,1-2H3,(H,23,26)(H,21,22,24). The number of ketones is 1. The van der Waals surface area contributed by atoms with Gasteiger partial charge in [-0.15, -0.1) is 11.3 Å². The average Bonchev–Trinajstić information content (AvgIpc) is 3.20. The normalized spacial score (nSPS) is 11.1. The number of hydrogen-bond acceptors (Lipinski definition) is 7. The number of anilines is 2. The Hall–Kier alpha value is -3.11. The molecular formula is C20H20N4O4S2. The quantitative estimate of drug-likeness (QED) is 0.513. The molecule has 8 nitrogen and oxygen atoms in total. The van der Waals surface area contributed by atoms with Crippen LogP contribution in [0, 0.1) is 13.8 Å². The van der Waals surface area contributed by atoms with Crippen LogP contribution in [0.15, 0.2) is 52.7 Å². The first-order valence-corrected chi connectivity index (χ1v) is 11.4. The fraction of sp³-hybridized carbons (Fsp3) is 0.200. The zero-order valence-corrected chi connectivity index (χ0v) is 18.0. The minimum Gasteiger partial charge on any atom is -0.326 e. The monoisotopic (exact) mass is 444 g/mol. The number of aromatic nitrogens is 2. The number of Topliss-reactive ketones (excluding diaryl/α,β-unsaturated/α-hetero) is 1. The van der Waals surface area contributed by atoms with Gasteiger partial charge in [0, 0.05) is 29.9 Å². The van der Waals surface area contributed by atoms with Crippen molar-refractivity contribution in [3.63, 3.8) is 0 Å². The molecule has 0 aliphatic rings. The molecule has 2 N–H and O–H groups in total. The van der Waals surface area contributed by atoms with Crippen LogP contribution < -0.4 is 10.0 Å². The number of nitrogens with one attached hydrogen (secondary N) is 2. The number of sulfonamides is 1. The van der Waals surface area contributed by atoms with E-state index in [1.54, 1.807) is 32.0 Å². The van der Waals surface area contributed by atoms with E-state index < -0.39 is 10.0 Å². The lowest BCUT2D eigenvalue weighted by molar-refractivity contribution is -0.116. The van der Waals surface area contributed by atoms with E-state index in [0.29, 0.717) is 22.0 Å². The van der Waals surface area contributed by atoms with Gasteiger partial charge in [0.2, 0.25) is 11.9 Å². The molecule has 0 fully saturated rings. The average molecular weight is 445 g/mol. The third kappa shape index (κ3) is 5.71.